The van der Waals surface area contributed by atoms with E-state index >= 15 is 0 Å². The Morgan fingerprint density at radius 3 is 2.76 bits per heavy atom. The van der Waals surface area contributed by atoms with Gasteiger partial charge in [0.25, 0.3) is 0 Å². The topological polar surface area (TPSA) is 70.8 Å². The van der Waals surface area contributed by atoms with Gasteiger partial charge in [-0.1, -0.05) is 19.1 Å². The van der Waals surface area contributed by atoms with Crippen molar-refractivity contribution in [1.29, 1.82) is 0 Å². The molecule has 4 rings (SSSR count). The smallest absolute Gasteiger partial charge is 0.115 e. The molecule has 5 heteroatoms. The molecule has 1 fully saturated rings. The van der Waals surface area contributed by atoms with Crippen molar-refractivity contribution in [2.75, 3.05) is 13.1 Å². The van der Waals surface area contributed by atoms with Gasteiger partial charge in [-0.15, -0.1) is 0 Å². The first-order valence-corrected chi connectivity index (χ1v) is 8.80. The lowest BCUT2D eigenvalue weighted by atomic mass is 10.0. The predicted molar refractivity (Wildman–Crippen MR) is 102 cm³/mol. The second-order valence-corrected chi connectivity index (χ2v) is 6.78. The summed E-state index contributed by atoms with van der Waals surface area (Å²) in [6.07, 6.45) is 7.85. The van der Waals surface area contributed by atoms with Gasteiger partial charge in [0.2, 0.25) is 0 Å². The van der Waals surface area contributed by atoms with Crippen LogP contribution in [0.4, 0.5) is 0 Å². The average molecular weight is 333 g/mol. The number of aromatic nitrogens is 3. The number of hydrogen-bond donors (Lipinski definition) is 2. The Morgan fingerprint density at radius 2 is 1.96 bits per heavy atom. The van der Waals surface area contributed by atoms with E-state index in [0.717, 1.165) is 28.6 Å². The first-order chi connectivity index (χ1) is 12.2. The molecular weight excluding hydrogens is 310 g/mol. The van der Waals surface area contributed by atoms with Crippen LogP contribution in [0.15, 0.2) is 43.2 Å². The molecule has 0 saturated carbocycles. The predicted octanol–water partition coefficient (Wildman–Crippen LogP) is 3.54. The standard InChI is InChI=1S/C20H23N5/c1-14(21)20-18-10-16(5-6-19(18)23-24-20)17-9-15(11-22-12-17)13-25-7-3-2-4-8-25/h5-6,9-12H,1-4,7-8,13,21H2,(H,23,24). The van der Waals surface area contributed by atoms with Gasteiger partial charge in [-0.2, -0.15) is 5.10 Å². The fourth-order valence-electron chi connectivity index (χ4n) is 3.55. The normalized spacial score (nSPS) is 15.5. The highest BCUT2D eigenvalue weighted by molar-refractivity contribution is 5.92. The number of hydrogen-bond acceptors (Lipinski definition) is 4. The molecule has 0 unspecified atom stereocenters. The lowest BCUT2D eigenvalue weighted by molar-refractivity contribution is 0.220. The lowest BCUT2D eigenvalue weighted by Gasteiger charge is -2.26. The summed E-state index contributed by atoms with van der Waals surface area (Å²) < 4.78 is 0. The minimum atomic E-state index is 0.473. The Hall–Kier alpha value is -2.66. The zero-order chi connectivity index (χ0) is 17.2. The summed E-state index contributed by atoms with van der Waals surface area (Å²) in [5, 5.41) is 8.25. The van der Waals surface area contributed by atoms with E-state index in [1.807, 2.05) is 18.5 Å². The molecule has 2 aromatic heterocycles. The van der Waals surface area contributed by atoms with Crippen LogP contribution in [0.2, 0.25) is 0 Å². The molecule has 3 aromatic rings. The van der Waals surface area contributed by atoms with E-state index in [1.54, 1.807) is 0 Å². The molecule has 0 spiro atoms. The summed E-state index contributed by atoms with van der Waals surface area (Å²) in [5.74, 6) is 0. The maximum absolute atomic E-state index is 5.85. The summed E-state index contributed by atoms with van der Waals surface area (Å²) in [6, 6.07) is 8.46. The van der Waals surface area contributed by atoms with Crippen molar-refractivity contribution < 1.29 is 0 Å². The van der Waals surface area contributed by atoms with Crippen LogP contribution in [0.3, 0.4) is 0 Å². The zero-order valence-electron chi connectivity index (χ0n) is 14.3. The van der Waals surface area contributed by atoms with E-state index in [9.17, 15) is 0 Å². The van der Waals surface area contributed by atoms with Crippen molar-refractivity contribution in [1.82, 2.24) is 20.1 Å². The maximum Gasteiger partial charge on any atom is 0.115 e. The Kier molecular flexibility index (Phi) is 4.24. The van der Waals surface area contributed by atoms with Crippen molar-refractivity contribution in [3.05, 3.63) is 54.5 Å². The minimum Gasteiger partial charge on any atom is -0.397 e. The third kappa shape index (κ3) is 3.28. The molecule has 5 nitrogen and oxygen atoms in total. The average Bonchev–Trinajstić information content (AvgIpc) is 3.06. The quantitative estimate of drug-likeness (QED) is 0.766. The summed E-state index contributed by atoms with van der Waals surface area (Å²) in [6.45, 7) is 7.15. The highest BCUT2D eigenvalue weighted by Crippen LogP contribution is 2.27. The summed E-state index contributed by atoms with van der Waals surface area (Å²) in [7, 11) is 0. The molecule has 1 saturated heterocycles. The third-order valence-corrected chi connectivity index (χ3v) is 4.85. The van der Waals surface area contributed by atoms with Crippen molar-refractivity contribution >= 4 is 16.6 Å². The van der Waals surface area contributed by atoms with Crippen LogP contribution in [-0.2, 0) is 6.54 Å². The summed E-state index contributed by atoms with van der Waals surface area (Å²) in [5.41, 5.74) is 11.5. The van der Waals surface area contributed by atoms with Gasteiger partial charge in [-0.05, 0) is 55.3 Å². The van der Waals surface area contributed by atoms with Crippen LogP contribution < -0.4 is 5.73 Å². The van der Waals surface area contributed by atoms with Gasteiger partial charge in [-0.3, -0.25) is 15.0 Å². The second-order valence-electron chi connectivity index (χ2n) is 6.78. The summed E-state index contributed by atoms with van der Waals surface area (Å²) in [4.78, 5) is 6.97. The highest BCUT2D eigenvalue weighted by atomic mass is 15.1. The van der Waals surface area contributed by atoms with Crippen LogP contribution in [0.5, 0.6) is 0 Å². The number of rotatable bonds is 4. The Balaban J connectivity index is 1.64. The SMILES string of the molecule is C=C(N)c1n[nH]c2ccc(-c3cncc(CN4CCCCC4)c3)cc12. The molecule has 128 valence electrons. The molecular formula is C20H23N5. The maximum atomic E-state index is 5.85. The number of aromatic amines is 1. The van der Waals surface area contributed by atoms with E-state index in [0.29, 0.717) is 11.4 Å². The molecule has 1 aliphatic rings. The molecule has 25 heavy (non-hydrogen) atoms. The molecule has 0 aliphatic carbocycles. The number of piperidine rings is 1. The van der Waals surface area contributed by atoms with Crippen molar-refractivity contribution in [3.8, 4) is 11.1 Å². The number of fused-ring (bicyclic) bond motifs is 1. The molecule has 1 aliphatic heterocycles. The van der Waals surface area contributed by atoms with Gasteiger partial charge in [-0.25, -0.2) is 0 Å². The van der Waals surface area contributed by atoms with Crippen LogP contribution >= 0.6 is 0 Å². The van der Waals surface area contributed by atoms with Gasteiger partial charge in [0.15, 0.2) is 0 Å². The van der Waals surface area contributed by atoms with Crippen LogP contribution in [0, 0.1) is 0 Å². The van der Waals surface area contributed by atoms with Gasteiger partial charge in [0.1, 0.15) is 5.69 Å². The number of benzene rings is 1. The van der Waals surface area contributed by atoms with E-state index in [1.165, 1.54) is 37.9 Å². The van der Waals surface area contributed by atoms with Crippen molar-refractivity contribution in [2.45, 2.75) is 25.8 Å². The third-order valence-electron chi connectivity index (χ3n) is 4.85. The second kappa shape index (κ2) is 6.69. The molecule has 1 aromatic carbocycles. The van der Waals surface area contributed by atoms with Gasteiger partial charge in [0, 0.05) is 29.9 Å². The number of H-pyrrole nitrogens is 1. The molecule has 0 amide bonds. The lowest BCUT2D eigenvalue weighted by Crippen LogP contribution is -2.29. The minimum absolute atomic E-state index is 0.473. The van der Waals surface area contributed by atoms with Crippen LogP contribution in [0.1, 0.15) is 30.5 Å². The van der Waals surface area contributed by atoms with E-state index in [-0.39, 0.29) is 0 Å². The van der Waals surface area contributed by atoms with Crippen LogP contribution in [-0.4, -0.2) is 33.2 Å². The number of nitrogens with zero attached hydrogens (tertiary/aromatic N) is 3. The van der Waals surface area contributed by atoms with Crippen molar-refractivity contribution in [3.63, 3.8) is 0 Å². The first-order valence-electron chi connectivity index (χ1n) is 8.80. The largest absolute Gasteiger partial charge is 0.397 e. The molecule has 0 radical (unpaired) electrons. The van der Waals surface area contributed by atoms with Crippen molar-refractivity contribution in [2.24, 2.45) is 5.73 Å². The monoisotopic (exact) mass is 333 g/mol. The Morgan fingerprint density at radius 1 is 1.12 bits per heavy atom. The zero-order valence-corrected chi connectivity index (χ0v) is 14.3. The molecule has 0 bridgehead atoms. The number of nitrogens with two attached hydrogens (primary N) is 1. The van der Waals surface area contributed by atoms with E-state index in [4.69, 9.17) is 5.73 Å². The fourth-order valence-corrected chi connectivity index (χ4v) is 3.55. The molecule has 3 N–H and O–H groups in total. The van der Waals surface area contributed by atoms with Crippen LogP contribution in [0.25, 0.3) is 27.7 Å². The molecule has 3 heterocycles. The Bertz CT molecular complexity index is 905. The number of likely N-dealkylation sites (tertiary alicyclic amines) is 1. The fraction of sp³-hybridized carbons (Fsp3) is 0.300. The van der Waals surface area contributed by atoms with Gasteiger partial charge >= 0.3 is 0 Å². The number of nitrogens with one attached hydrogen (secondary N) is 1. The summed E-state index contributed by atoms with van der Waals surface area (Å²) >= 11 is 0. The van der Waals surface area contributed by atoms with E-state index < -0.39 is 0 Å². The molecule has 0 atom stereocenters. The van der Waals surface area contributed by atoms with Gasteiger partial charge in [0.05, 0.1) is 11.2 Å². The van der Waals surface area contributed by atoms with E-state index in [2.05, 4.69) is 44.9 Å². The number of pyridine rings is 1. The Labute approximate surface area is 147 Å². The highest BCUT2D eigenvalue weighted by Gasteiger charge is 2.12. The van der Waals surface area contributed by atoms with Gasteiger partial charge < -0.3 is 5.73 Å². The first kappa shape index (κ1) is 15.8.